The summed E-state index contributed by atoms with van der Waals surface area (Å²) in [6, 6.07) is 7.98. The molecule has 5 heteroatoms. The smallest absolute Gasteiger partial charge is 0.273 e. The van der Waals surface area contributed by atoms with E-state index >= 15 is 0 Å². The van der Waals surface area contributed by atoms with Crippen LogP contribution in [0, 0.1) is 6.92 Å². The summed E-state index contributed by atoms with van der Waals surface area (Å²) in [5, 5.41) is 12.0. The minimum atomic E-state index is -0.0670. The van der Waals surface area contributed by atoms with E-state index in [0.29, 0.717) is 12.2 Å². The van der Waals surface area contributed by atoms with Crippen LogP contribution < -0.4 is 0 Å². The number of aliphatic hydroxyl groups excluding tert-OH is 1. The first-order chi connectivity index (χ1) is 10.2. The lowest BCUT2D eigenvalue weighted by atomic mass is 10.1. The van der Waals surface area contributed by atoms with E-state index in [1.807, 2.05) is 36.6 Å². The molecule has 1 aliphatic rings. The zero-order valence-electron chi connectivity index (χ0n) is 12.0. The number of hydrogen-bond acceptors (Lipinski definition) is 4. The molecule has 0 bridgehead atoms. The zero-order chi connectivity index (χ0) is 14.8. The van der Waals surface area contributed by atoms with Gasteiger partial charge in [0.25, 0.3) is 5.91 Å². The van der Waals surface area contributed by atoms with Gasteiger partial charge < -0.3 is 10.0 Å². The number of likely N-dealkylation sites (tertiary alicyclic amines) is 1. The van der Waals surface area contributed by atoms with Gasteiger partial charge in [0.2, 0.25) is 0 Å². The summed E-state index contributed by atoms with van der Waals surface area (Å²) in [6.45, 7) is 2.78. The Morgan fingerprint density at radius 1 is 1.48 bits per heavy atom. The number of benzene rings is 1. The van der Waals surface area contributed by atoms with Gasteiger partial charge in [0.15, 0.2) is 0 Å². The van der Waals surface area contributed by atoms with Gasteiger partial charge in [0.05, 0.1) is 12.6 Å². The number of carbonyl (C=O) groups excluding carboxylic acids is 1. The van der Waals surface area contributed by atoms with E-state index in [1.165, 1.54) is 11.3 Å². The number of thiazole rings is 1. The number of hydrogen-bond donors (Lipinski definition) is 1. The standard InChI is InChI=1S/C16H18N2O2S/c1-11-5-2-3-7-13(11)15-17-14(10-21-15)16(20)18-8-4-6-12(18)9-19/h2-3,5,7,10,12,19H,4,6,8-9H2,1H3/t12-/m1/s1. The van der Waals surface area contributed by atoms with Crippen molar-refractivity contribution in [3.8, 4) is 10.6 Å². The summed E-state index contributed by atoms with van der Waals surface area (Å²) >= 11 is 1.49. The van der Waals surface area contributed by atoms with Crippen molar-refractivity contribution in [2.45, 2.75) is 25.8 Å². The number of carbonyl (C=O) groups is 1. The van der Waals surface area contributed by atoms with E-state index in [9.17, 15) is 9.90 Å². The molecule has 1 aromatic carbocycles. The molecule has 2 aromatic rings. The van der Waals surface area contributed by atoms with Gasteiger partial charge in [-0.05, 0) is 25.3 Å². The molecule has 3 rings (SSSR count). The number of nitrogens with zero attached hydrogens (tertiary/aromatic N) is 2. The van der Waals surface area contributed by atoms with Crippen LogP contribution in [0.15, 0.2) is 29.6 Å². The van der Waals surface area contributed by atoms with Crippen molar-refractivity contribution < 1.29 is 9.90 Å². The monoisotopic (exact) mass is 302 g/mol. The van der Waals surface area contributed by atoms with Gasteiger partial charge in [-0.25, -0.2) is 4.98 Å². The molecule has 1 saturated heterocycles. The van der Waals surface area contributed by atoms with Gasteiger partial charge >= 0.3 is 0 Å². The minimum absolute atomic E-state index is 0.0283. The molecule has 2 heterocycles. The molecular formula is C16H18N2O2S. The molecule has 1 atom stereocenters. The molecule has 1 aromatic heterocycles. The Labute approximate surface area is 128 Å². The van der Waals surface area contributed by atoms with E-state index in [1.54, 1.807) is 4.90 Å². The summed E-state index contributed by atoms with van der Waals surface area (Å²) in [4.78, 5) is 18.8. The Morgan fingerprint density at radius 3 is 3.05 bits per heavy atom. The highest BCUT2D eigenvalue weighted by Crippen LogP contribution is 2.28. The van der Waals surface area contributed by atoms with Crippen LogP contribution in [0.4, 0.5) is 0 Å². The molecular weight excluding hydrogens is 284 g/mol. The SMILES string of the molecule is Cc1ccccc1-c1nc(C(=O)N2CCC[C@@H]2CO)cs1. The summed E-state index contributed by atoms with van der Waals surface area (Å²) in [5.41, 5.74) is 2.71. The lowest BCUT2D eigenvalue weighted by molar-refractivity contribution is 0.0672. The Morgan fingerprint density at radius 2 is 2.29 bits per heavy atom. The molecule has 1 N–H and O–H groups in total. The average Bonchev–Trinajstić information content (AvgIpc) is 3.16. The van der Waals surface area contributed by atoms with Crippen molar-refractivity contribution >= 4 is 17.2 Å². The van der Waals surface area contributed by atoms with Gasteiger partial charge in [-0.15, -0.1) is 11.3 Å². The van der Waals surface area contributed by atoms with Crippen LogP contribution in [0.5, 0.6) is 0 Å². The number of aryl methyl sites for hydroxylation is 1. The van der Waals surface area contributed by atoms with Crippen molar-refractivity contribution in [2.24, 2.45) is 0 Å². The van der Waals surface area contributed by atoms with Crippen molar-refractivity contribution in [1.82, 2.24) is 9.88 Å². The van der Waals surface area contributed by atoms with E-state index < -0.39 is 0 Å². The second kappa shape index (κ2) is 5.95. The first-order valence-electron chi connectivity index (χ1n) is 7.14. The number of amides is 1. The van der Waals surface area contributed by atoms with E-state index in [0.717, 1.165) is 29.0 Å². The number of aromatic nitrogens is 1. The maximum atomic E-state index is 12.5. The molecule has 1 aliphatic heterocycles. The van der Waals surface area contributed by atoms with E-state index in [4.69, 9.17) is 0 Å². The molecule has 0 spiro atoms. The fourth-order valence-electron chi connectivity index (χ4n) is 2.75. The third kappa shape index (κ3) is 2.71. The van der Waals surface area contributed by atoms with Crippen LogP contribution in [0.25, 0.3) is 10.6 Å². The zero-order valence-corrected chi connectivity index (χ0v) is 12.8. The van der Waals surface area contributed by atoms with E-state index in [2.05, 4.69) is 4.98 Å². The topological polar surface area (TPSA) is 53.4 Å². The predicted octanol–water partition coefficient (Wildman–Crippen LogP) is 2.72. The lowest BCUT2D eigenvalue weighted by Crippen LogP contribution is -2.37. The summed E-state index contributed by atoms with van der Waals surface area (Å²) < 4.78 is 0. The molecule has 0 unspecified atom stereocenters. The largest absolute Gasteiger partial charge is 0.394 e. The summed E-state index contributed by atoms with van der Waals surface area (Å²) in [6.07, 6.45) is 1.82. The van der Waals surface area contributed by atoms with Crippen molar-refractivity contribution in [3.63, 3.8) is 0 Å². The highest BCUT2D eigenvalue weighted by atomic mass is 32.1. The van der Waals surface area contributed by atoms with Gasteiger partial charge in [-0.3, -0.25) is 4.79 Å². The Bertz CT molecular complexity index is 653. The molecule has 1 fully saturated rings. The van der Waals surface area contributed by atoms with Crippen molar-refractivity contribution in [1.29, 1.82) is 0 Å². The molecule has 0 aliphatic carbocycles. The third-order valence-electron chi connectivity index (χ3n) is 3.95. The summed E-state index contributed by atoms with van der Waals surface area (Å²) in [7, 11) is 0. The van der Waals surface area contributed by atoms with Crippen LogP contribution in [0.1, 0.15) is 28.9 Å². The van der Waals surface area contributed by atoms with Crippen molar-refractivity contribution in [3.05, 3.63) is 40.9 Å². The Kier molecular flexibility index (Phi) is 4.03. The second-order valence-corrected chi connectivity index (χ2v) is 6.19. The van der Waals surface area contributed by atoms with Crippen LogP contribution in [-0.2, 0) is 0 Å². The maximum Gasteiger partial charge on any atom is 0.273 e. The van der Waals surface area contributed by atoms with Crippen molar-refractivity contribution in [2.75, 3.05) is 13.2 Å². The van der Waals surface area contributed by atoms with Crippen LogP contribution >= 0.6 is 11.3 Å². The first kappa shape index (κ1) is 14.2. The molecule has 1 amide bonds. The molecule has 21 heavy (non-hydrogen) atoms. The quantitative estimate of drug-likeness (QED) is 0.948. The molecule has 0 radical (unpaired) electrons. The highest BCUT2D eigenvalue weighted by molar-refractivity contribution is 7.13. The minimum Gasteiger partial charge on any atom is -0.394 e. The maximum absolute atomic E-state index is 12.5. The second-order valence-electron chi connectivity index (χ2n) is 5.33. The highest BCUT2D eigenvalue weighted by Gasteiger charge is 2.30. The Hall–Kier alpha value is -1.72. The number of aliphatic hydroxyl groups is 1. The van der Waals surface area contributed by atoms with Crippen LogP contribution in [-0.4, -0.2) is 40.1 Å². The van der Waals surface area contributed by atoms with Crippen LogP contribution in [0.3, 0.4) is 0 Å². The molecule has 110 valence electrons. The van der Waals surface area contributed by atoms with Crippen LogP contribution in [0.2, 0.25) is 0 Å². The van der Waals surface area contributed by atoms with E-state index in [-0.39, 0.29) is 18.6 Å². The Balaban J connectivity index is 1.85. The predicted molar refractivity (Wildman–Crippen MR) is 83.4 cm³/mol. The van der Waals surface area contributed by atoms with Gasteiger partial charge in [0, 0.05) is 17.5 Å². The number of rotatable bonds is 3. The normalized spacial score (nSPS) is 18.2. The van der Waals surface area contributed by atoms with Gasteiger partial charge in [-0.1, -0.05) is 24.3 Å². The lowest BCUT2D eigenvalue weighted by Gasteiger charge is -2.21. The third-order valence-corrected chi connectivity index (χ3v) is 4.82. The van der Waals surface area contributed by atoms with Gasteiger partial charge in [0.1, 0.15) is 10.7 Å². The molecule has 0 saturated carbocycles. The molecule has 4 nitrogen and oxygen atoms in total. The van der Waals surface area contributed by atoms with Gasteiger partial charge in [-0.2, -0.15) is 0 Å². The summed E-state index contributed by atoms with van der Waals surface area (Å²) in [5.74, 6) is -0.0670. The fraction of sp³-hybridized carbons (Fsp3) is 0.375. The average molecular weight is 302 g/mol. The first-order valence-corrected chi connectivity index (χ1v) is 8.02. The fourth-order valence-corrected chi connectivity index (χ4v) is 3.63.